The van der Waals surface area contributed by atoms with Gasteiger partial charge in [-0.05, 0) is 52.6 Å². The first-order valence-corrected chi connectivity index (χ1v) is 11.9. The molecular formula is C31H26N2O4. The number of nitrogens with zero attached hydrogens (tertiary/aromatic N) is 1. The second-order valence-corrected chi connectivity index (χ2v) is 8.48. The van der Waals surface area contributed by atoms with Crippen molar-refractivity contribution in [3.05, 3.63) is 120 Å². The van der Waals surface area contributed by atoms with Gasteiger partial charge in [0.15, 0.2) is 17.3 Å². The Bertz CT molecular complexity index is 1580. The molecule has 0 bridgehead atoms. The highest BCUT2D eigenvalue weighted by molar-refractivity contribution is 5.96. The summed E-state index contributed by atoms with van der Waals surface area (Å²) in [5.41, 5.74) is 5.90. The Morgan fingerprint density at radius 3 is 2.57 bits per heavy atom. The maximum Gasteiger partial charge on any atom is 0.307 e. The standard InChI is InChI=1S/C31H26N2O4/c1-3-9-24-16-21(19-32-33-31(34)29-18-23-11-5-7-15-27(23)37-29)17-28(35-2)30(24)36-20-25-13-8-12-22-10-4-6-14-26(22)25/h3-8,10-19H,1,9,20H2,2H3,(H,33,34)/b32-19+. The Balaban J connectivity index is 1.35. The fourth-order valence-corrected chi connectivity index (χ4v) is 4.26. The highest BCUT2D eigenvalue weighted by Gasteiger charge is 2.14. The summed E-state index contributed by atoms with van der Waals surface area (Å²) in [5.74, 6) is 0.990. The average Bonchev–Trinajstić information content (AvgIpc) is 3.37. The lowest BCUT2D eigenvalue weighted by Gasteiger charge is -2.16. The number of methoxy groups -OCH3 is 1. The minimum Gasteiger partial charge on any atom is -0.493 e. The molecule has 4 aromatic carbocycles. The summed E-state index contributed by atoms with van der Waals surface area (Å²) in [6.07, 6.45) is 3.95. The Kier molecular flexibility index (Phi) is 6.99. The number of carbonyl (C=O) groups is 1. The number of rotatable bonds is 9. The normalized spacial score (nSPS) is 11.2. The van der Waals surface area contributed by atoms with E-state index in [1.807, 2.05) is 60.7 Å². The summed E-state index contributed by atoms with van der Waals surface area (Å²) in [7, 11) is 1.60. The van der Waals surface area contributed by atoms with Gasteiger partial charge in [-0.2, -0.15) is 5.10 Å². The Morgan fingerprint density at radius 1 is 0.973 bits per heavy atom. The summed E-state index contributed by atoms with van der Waals surface area (Å²) in [6, 6.07) is 27.3. The zero-order chi connectivity index (χ0) is 25.6. The number of carbonyl (C=O) groups excluding carboxylic acids is 1. The summed E-state index contributed by atoms with van der Waals surface area (Å²) in [4.78, 5) is 12.5. The van der Waals surface area contributed by atoms with E-state index in [-0.39, 0.29) is 5.76 Å². The molecule has 0 aliphatic heterocycles. The van der Waals surface area contributed by atoms with Gasteiger partial charge in [0, 0.05) is 10.9 Å². The molecule has 6 heteroatoms. The number of hydrazone groups is 1. The third kappa shape index (κ3) is 5.23. The lowest BCUT2D eigenvalue weighted by Crippen LogP contribution is -2.16. The Morgan fingerprint density at radius 2 is 1.76 bits per heavy atom. The van der Waals surface area contributed by atoms with Crippen LogP contribution in [0.3, 0.4) is 0 Å². The van der Waals surface area contributed by atoms with Crippen LogP contribution >= 0.6 is 0 Å². The molecule has 0 fully saturated rings. The fraction of sp³-hybridized carbons (Fsp3) is 0.0968. The van der Waals surface area contributed by atoms with Crippen LogP contribution in [0.15, 0.2) is 107 Å². The minimum absolute atomic E-state index is 0.195. The second kappa shape index (κ2) is 10.8. The number of para-hydroxylation sites is 1. The molecule has 0 spiro atoms. The topological polar surface area (TPSA) is 73.1 Å². The first kappa shape index (κ1) is 23.9. The third-order valence-electron chi connectivity index (χ3n) is 6.02. The van der Waals surface area contributed by atoms with Gasteiger partial charge in [0.2, 0.25) is 0 Å². The van der Waals surface area contributed by atoms with Crippen molar-refractivity contribution in [1.29, 1.82) is 0 Å². The van der Waals surface area contributed by atoms with Gasteiger partial charge in [0.05, 0.1) is 13.3 Å². The molecule has 5 rings (SSSR count). The number of allylic oxidation sites excluding steroid dienone is 1. The van der Waals surface area contributed by atoms with E-state index >= 15 is 0 Å². The smallest absolute Gasteiger partial charge is 0.307 e. The van der Waals surface area contributed by atoms with Crippen LogP contribution in [-0.2, 0) is 13.0 Å². The molecule has 0 radical (unpaired) electrons. The third-order valence-corrected chi connectivity index (χ3v) is 6.02. The number of nitrogens with one attached hydrogen (secondary N) is 1. The summed E-state index contributed by atoms with van der Waals surface area (Å²) < 4.78 is 17.5. The van der Waals surface area contributed by atoms with E-state index in [0.29, 0.717) is 30.1 Å². The molecule has 0 saturated carbocycles. The molecule has 1 heterocycles. The summed E-state index contributed by atoms with van der Waals surface area (Å²) in [6.45, 7) is 4.27. The van der Waals surface area contributed by atoms with E-state index in [1.54, 1.807) is 19.4 Å². The number of hydrogen-bond acceptors (Lipinski definition) is 5. The lowest BCUT2D eigenvalue weighted by atomic mass is 10.0. The molecule has 1 N–H and O–H groups in total. The van der Waals surface area contributed by atoms with E-state index in [0.717, 1.165) is 32.8 Å². The molecule has 0 unspecified atom stereocenters. The maximum absolute atomic E-state index is 12.5. The highest BCUT2D eigenvalue weighted by atomic mass is 16.5. The number of ether oxygens (including phenoxy) is 2. The molecule has 1 aromatic heterocycles. The van der Waals surface area contributed by atoms with Crippen LogP contribution in [0.2, 0.25) is 0 Å². The van der Waals surface area contributed by atoms with Gasteiger partial charge in [0.1, 0.15) is 12.2 Å². The van der Waals surface area contributed by atoms with Crippen molar-refractivity contribution in [1.82, 2.24) is 5.43 Å². The first-order chi connectivity index (χ1) is 18.2. The van der Waals surface area contributed by atoms with E-state index in [2.05, 4.69) is 41.4 Å². The van der Waals surface area contributed by atoms with Gasteiger partial charge >= 0.3 is 5.91 Å². The van der Waals surface area contributed by atoms with Crippen molar-refractivity contribution in [2.45, 2.75) is 13.0 Å². The van der Waals surface area contributed by atoms with Gasteiger partial charge in [0.25, 0.3) is 0 Å². The lowest BCUT2D eigenvalue weighted by molar-refractivity contribution is 0.0929. The van der Waals surface area contributed by atoms with Gasteiger partial charge in [-0.15, -0.1) is 6.58 Å². The first-order valence-electron chi connectivity index (χ1n) is 11.9. The molecule has 184 valence electrons. The predicted molar refractivity (Wildman–Crippen MR) is 146 cm³/mol. The van der Waals surface area contributed by atoms with Gasteiger partial charge < -0.3 is 13.9 Å². The second-order valence-electron chi connectivity index (χ2n) is 8.48. The van der Waals surface area contributed by atoms with Crippen molar-refractivity contribution in [3.8, 4) is 11.5 Å². The molecule has 6 nitrogen and oxygen atoms in total. The number of fused-ring (bicyclic) bond motifs is 2. The van der Waals surface area contributed by atoms with Crippen LogP contribution in [0, 0.1) is 0 Å². The zero-order valence-corrected chi connectivity index (χ0v) is 20.4. The van der Waals surface area contributed by atoms with E-state index < -0.39 is 5.91 Å². The van der Waals surface area contributed by atoms with Crippen molar-refractivity contribution < 1.29 is 18.7 Å². The van der Waals surface area contributed by atoms with E-state index in [4.69, 9.17) is 13.9 Å². The molecule has 0 aliphatic carbocycles. The number of amides is 1. The fourth-order valence-electron chi connectivity index (χ4n) is 4.26. The van der Waals surface area contributed by atoms with Gasteiger partial charge in [-0.1, -0.05) is 66.7 Å². The van der Waals surface area contributed by atoms with Crippen LogP contribution in [-0.4, -0.2) is 19.2 Å². The molecule has 0 atom stereocenters. The van der Waals surface area contributed by atoms with Crippen LogP contribution in [0.1, 0.15) is 27.2 Å². The average molecular weight is 491 g/mol. The summed E-state index contributed by atoms with van der Waals surface area (Å²) in [5, 5.41) is 7.29. The molecule has 37 heavy (non-hydrogen) atoms. The Labute approximate surface area is 214 Å². The van der Waals surface area contributed by atoms with E-state index in [1.165, 1.54) is 0 Å². The van der Waals surface area contributed by atoms with E-state index in [9.17, 15) is 4.79 Å². The molecular weight excluding hydrogens is 464 g/mol. The maximum atomic E-state index is 12.5. The molecule has 1 amide bonds. The van der Waals surface area contributed by atoms with Crippen LogP contribution in [0.5, 0.6) is 11.5 Å². The zero-order valence-electron chi connectivity index (χ0n) is 20.4. The summed E-state index contributed by atoms with van der Waals surface area (Å²) >= 11 is 0. The van der Waals surface area contributed by atoms with Crippen LogP contribution in [0.25, 0.3) is 21.7 Å². The quantitative estimate of drug-likeness (QED) is 0.142. The molecule has 0 aliphatic rings. The predicted octanol–water partition coefficient (Wildman–Crippen LogP) is 6.67. The Hall–Kier alpha value is -4.84. The molecule has 0 saturated heterocycles. The van der Waals surface area contributed by atoms with Crippen molar-refractivity contribution >= 4 is 33.9 Å². The molecule has 5 aromatic rings. The number of hydrogen-bond donors (Lipinski definition) is 1. The van der Waals surface area contributed by atoms with Crippen molar-refractivity contribution in [2.75, 3.05) is 7.11 Å². The van der Waals surface area contributed by atoms with Gasteiger partial charge in [-0.3, -0.25) is 4.79 Å². The van der Waals surface area contributed by atoms with Crippen molar-refractivity contribution in [2.24, 2.45) is 5.10 Å². The van der Waals surface area contributed by atoms with Crippen LogP contribution < -0.4 is 14.9 Å². The number of benzene rings is 4. The van der Waals surface area contributed by atoms with Crippen molar-refractivity contribution in [3.63, 3.8) is 0 Å². The highest BCUT2D eigenvalue weighted by Crippen LogP contribution is 2.34. The minimum atomic E-state index is -0.430. The SMILES string of the molecule is C=CCc1cc(/C=N/NC(=O)c2cc3ccccc3o2)cc(OC)c1OCc1cccc2ccccc12. The number of furan rings is 1. The van der Waals surface area contributed by atoms with Gasteiger partial charge in [-0.25, -0.2) is 5.43 Å². The monoisotopic (exact) mass is 490 g/mol. The van der Waals surface area contributed by atoms with Crippen LogP contribution in [0.4, 0.5) is 0 Å². The largest absolute Gasteiger partial charge is 0.493 e.